The van der Waals surface area contributed by atoms with E-state index in [1.165, 1.54) is 5.57 Å². The van der Waals surface area contributed by atoms with Crippen molar-refractivity contribution >= 4 is 0 Å². The van der Waals surface area contributed by atoms with Crippen LogP contribution in [0, 0.1) is 0 Å². The lowest BCUT2D eigenvalue weighted by Gasteiger charge is -2.19. The lowest BCUT2D eigenvalue weighted by molar-refractivity contribution is 0.291. The van der Waals surface area contributed by atoms with Gasteiger partial charge in [0.15, 0.2) is 0 Å². The molecule has 0 aliphatic heterocycles. The molecule has 1 aromatic rings. The maximum atomic E-state index is 4.17. The van der Waals surface area contributed by atoms with Crippen LogP contribution >= 0.6 is 0 Å². The standard InChI is InChI=1S/C14H27N5/c1-6-18(10-12(2)3)7-8-19-11-14(16-17-19)9-15-13(4)5/h11,13,15H,2,6-10H2,1,3-5H3. The Balaban J connectivity index is 2.38. The molecule has 5 nitrogen and oxygen atoms in total. The molecule has 5 heteroatoms. The van der Waals surface area contributed by atoms with Gasteiger partial charge in [-0.05, 0) is 13.5 Å². The molecule has 108 valence electrons. The summed E-state index contributed by atoms with van der Waals surface area (Å²) in [5.74, 6) is 0. The summed E-state index contributed by atoms with van der Waals surface area (Å²) in [6.45, 7) is 17.1. The monoisotopic (exact) mass is 265 g/mol. The number of likely N-dealkylation sites (N-methyl/N-ethyl adjacent to an activating group) is 1. The molecule has 0 aliphatic rings. The van der Waals surface area contributed by atoms with Gasteiger partial charge in [0.25, 0.3) is 0 Å². The smallest absolute Gasteiger partial charge is 0.0964 e. The Morgan fingerprint density at radius 2 is 2.26 bits per heavy atom. The van der Waals surface area contributed by atoms with Crippen molar-refractivity contribution in [3.63, 3.8) is 0 Å². The minimum Gasteiger partial charge on any atom is -0.309 e. The normalized spacial score (nSPS) is 11.5. The van der Waals surface area contributed by atoms with E-state index in [2.05, 4.69) is 54.8 Å². The molecule has 0 saturated carbocycles. The van der Waals surface area contributed by atoms with Crippen molar-refractivity contribution in [2.45, 2.75) is 46.8 Å². The van der Waals surface area contributed by atoms with Gasteiger partial charge >= 0.3 is 0 Å². The van der Waals surface area contributed by atoms with E-state index in [0.29, 0.717) is 6.04 Å². The second-order valence-electron chi connectivity index (χ2n) is 5.33. The molecule has 0 saturated heterocycles. The van der Waals surface area contributed by atoms with Gasteiger partial charge in [0.05, 0.1) is 12.2 Å². The highest BCUT2D eigenvalue weighted by molar-refractivity contribution is 4.93. The van der Waals surface area contributed by atoms with Gasteiger partial charge in [-0.1, -0.05) is 38.1 Å². The second-order valence-corrected chi connectivity index (χ2v) is 5.33. The Bertz CT molecular complexity index is 383. The first-order valence-corrected chi connectivity index (χ1v) is 7.00. The van der Waals surface area contributed by atoms with Gasteiger partial charge < -0.3 is 5.32 Å². The van der Waals surface area contributed by atoms with Crippen LogP contribution in [0.5, 0.6) is 0 Å². The quantitative estimate of drug-likeness (QED) is 0.690. The van der Waals surface area contributed by atoms with Gasteiger partial charge in [-0.2, -0.15) is 0 Å². The largest absolute Gasteiger partial charge is 0.309 e. The number of hydrogen-bond donors (Lipinski definition) is 1. The molecule has 1 heterocycles. The maximum absolute atomic E-state index is 4.17. The Labute approximate surface area is 116 Å². The van der Waals surface area contributed by atoms with Crippen molar-refractivity contribution < 1.29 is 0 Å². The molecule has 1 N–H and O–H groups in total. The minimum atomic E-state index is 0.469. The zero-order valence-electron chi connectivity index (χ0n) is 12.7. The zero-order chi connectivity index (χ0) is 14.3. The van der Waals surface area contributed by atoms with Crippen LogP contribution in [0.15, 0.2) is 18.3 Å². The SMILES string of the molecule is C=C(C)CN(CC)CCn1cc(CNC(C)C)nn1. The number of nitrogens with one attached hydrogen (secondary N) is 1. The summed E-state index contributed by atoms with van der Waals surface area (Å²) in [6.07, 6.45) is 2.02. The average Bonchev–Trinajstić information content (AvgIpc) is 2.79. The highest BCUT2D eigenvalue weighted by atomic mass is 15.4. The zero-order valence-corrected chi connectivity index (χ0v) is 12.7. The van der Waals surface area contributed by atoms with Gasteiger partial charge in [0, 0.05) is 31.9 Å². The van der Waals surface area contributed by atoms with E-state index in [1.807, 2.05) is 10.9 Å². The van der Waals surface area contributed by atoms with Gasteiger partial charge in [-0.25, -0.2) is 0 Å². The molecular weight excluding hydrogens is 238 g/mol. The van der Waals surface area contributed by atoms with E-state index in [4.69, 9.17) is 0 Å². The van der Waals surface area contributed by atoms with Gasteiger partial charge in [0.2, 0.25) is 0 Å². The molecule has 0 fully saturated rings. The number of nitrogens with zero attached hydrogens (tertiary/aromatic N) is 4. The summed E-state index contributed by atoms with van der Waals surface area (Å²) < 4.78 is 1.92. The van der Waals surface area contributed by atoms with Gasteiger partial charge in [-0.3, -0.25) is 9.58 Å². The van der Waals surface area contributed by atoms with Crippen molar-refractivity contribution in [1.29, 1.82) is 0 Å². The van der Waals surface area contributed by atoms with Crippen LogP contribution in [-0.4, -0.2) is 45.6 Å². The van der Waals surface area contributed by atoms with E-state index >= 15 is 0 Å². The highest BCUT2D eigenvalue weighted by Gasteiger charge is 2.05. The van der Waals surface area contributed by atoms with Crippen molar-refractivity contribution in [1.82, 2.24) is 25.2 Å². The fourth-order valence-corrected chi connectivity index (χ4v) is 1.81. The molecule has 1 rings (SSSR count). The van der Waals surface area contributed by atoms with Gasteiger partial charge in [0.1, 0.15) is 0 Å². The lowest BCUT2D eigenvalue weighted by Crippen LogP contribution is -2.29. The van der Waals surface area contributed by atoms with Crippen molar-refractivity contribution in [2.75, 3.05) is 19.6 Å². The van der Waals surface area contributed by atoms with Gasteiger partial charge in [-0.15, -0.1) is 5.10 Å². The van der Waals surface area contributed by atoms with Crippen LogP contribution in [0.4, 0.5) is 0 Å². The van der Waals surface area contributed by atoms with Crippen LogP contribution in [0.25, 0.3) is 0 Å². The molecule has 0 unspecified atom stereocenters. The molecule has 19 heavy (non-hydrogen) atoms. The number of hydrogen-bond acceptors (Lipinski definition) is 4. The lowest BCUT2D eigenvalue weighted by atomic mass is 10.3. The van der Waals surface area contributed by atoms with Crippen LogP contribution < -0.4 is 5.32 Å². The summed E-state index contributed by atoms with van der Waals surface area (Å²) in [6, 6.07) is 0.469. The Morgan fingerprint density at radius 3 is 2.84 bits per heavy atom. The van der Waals surface area contributed by atoms with E-state index in [-0.39, 0.29) is 0 Å². The first-order chi connectivity index (χ1) is 9.01. The van der Waals surface area contributed by atoms with Crippen LogP contribution in [0.3, 0.4) is 0 Å². The molecule has 1 aromatic heterocycles. The third-order valence-corrected chi connectivity index (χ3v) is 2.86. The molecular formula is C14H27N5. The second kappa shape index (κ2) is 8.07. The third-order valence-electron chi connectivity index (χ3n) is 2.86. The van der Waals surface area contributed by atoms with E-state index in [9.17, 15) is 0 Å². The highest BCUT2D eigenvalue weighted by Crippen LogP contribution is 1.98. The Hall–Kier alpha value is -1.20. The number of aromatic nitrogens is 3. The Kier molecular flexibility index (Phi) is 6.73. The minimum absolute atomic E-state index is 0.469. The van der Waals surface area contributed by atoms with Crippen molar-refractivity contribution in [3.8, 4) is 0 Å². The summed E-state index contributed by atoms with van der Waals surface area (Å²) in [4.78, 5) is 2.36. The van der Waals surface area contributed by atoms with Crippen LogP contribution in [-0.2, 0) is 13.1 Å². The van der Waals surface area contributed by atoms with E-state index in [1.54, 1.807) is 0 Å². The van der Waals surface area contributed by atoms with Crippen molar-refractivity contribution in [3.05, 3.63) is 24.0 Å². The maximum Gasteiger partial charge on any atom is 0.0964 e. The molecule has 0 bridgehead atoms. The molecule has 0 radical (unpaired) electrons. The topological polar surface area (TPSA) is 46.0 Å². The van der Waals surface area contributed by atoms with E-state index < -0.39 is 0 Å². The molecule has 0 atom stereocenters. The number of rotatable bonds is 9. The predicted octanol–water partition coefficient (Wildman–Crippen LogP) is 1.67. The summed E-state index contributed by atoms with van der Waals surface area (Å²) in [5.41, 5.74) is 2.19. The van der Waals surface area contributed by atoms with Crippen LogP contribution in [0.1, 0.15) is 33.4 Å². The molecule has 0 amide bonds. The first kappa shape index (κ1) is 15.9. The predicted molar refractivity (Wildman–Crippen MR) is 78.9 cm³/mol. The fraction of sp³-hybridized carbons (Fsp3) is 0.714. The molecule has 0 aromatic carbocycles. The Morgan fingerprint density at radius 1 is 1.53 bits per heavy atom. The molecule has 0 spiro atoms. The molecule has 0 aliphatic carbocycles. The summed E-state index contributed by atoms with van der Waals surface area (Å²) in [7, 11) is 0. The van der Waals surface area contributed by atoms with E-state index in [0.717, 1.165) is 38.4 Å². The first-order valence-electron chi connectivity index (χ1n) is 7.00. The van der Waals surface area contributed by atoms with Crippen LogP contribution in [0.2, 0.25) is 0 Å². The van der Waals surface area contributed by atoms with Crippen molar-refractivity contribution in [2.24, 2.45) is 0 Å². The average molecular weight is 265 g/mol. The fourth-order valence-electron chi connectivity index (χ4n) is 1.81. The summed E-state index contributed by atoms with van der Waals surface area (Å²) >= 11 is 0. The summed E-state index contributed by atoms with van der Waals surface area (Å²) in [5, 5.41) is 11.7. The third kappa shape index (κ3) is 6.50.